The van der Waals surface area contributed by atoms with Crippen molar-refractivity contribution < 1.29 is 19.1 Å². The van der Waals surface area contributed by atoms with E-state index in [0.29, 0.717) is 36.6 Å². The highest BCUT2D eigenvalue weighted by atomic mass is 16.5. The third-order valence-corrected chi connectivity index (χ3v) is 6.72. The van der Waals surface area contributed by atoms with Crippen molar-refractivity contribution in [3.8, 4) is 11.5 Å². The van der Waals surface area contributed by atoms with Crippen molar-refractivity contribution in [3.05, 3.63) is 96.1 Å². The molecule has 0 radical (unpaired) electrons. The lowest BCUT2D eigenvalue weighted by Crippen LogP contribution is -2.47. The zero-order valence-electron chi connectivity index (χ0n) is 21.6. The van der Waals surface area contributed by atoms with Gasteiger partial charge in [-0.3, -0.25) is 9.59 Å². The predicted molar refractivity (Wildman–Crippen MR) is 145 cm³/mol. The SMILES string of the molecule is CN1CCCCCCN(C(=O)COc2ccccc2)[C@@H](Cc2ccccc2)COc2ccccc2C1=O. The fourth-order valence-corrected chi connectivity index (χ4v) is 4.65. The molecule has 1 aliphatic rings. The van der Waals surface area contributed by atoms with Crippen LogP contribution in [-0.4, -0.2) is 61.0 Å². The Bertz CT molecular complexity index is 1140. The van der Waals surface area contributed by atoms with E-state index < -0.39 is 0 Å². The van der Waals surface area contributed by atoms with Crippen LogP contribution in [0.5, 0.6) is 11.5 Å². The van der Waals surface area contributed by atoms with Gasteiger partial charge in [-0.1, -0.05) is 73.5 Å². The lowest BCUT2D eigenvalue weighted by atomic mass is 10.0. The first-order chi connectivity index (χ1) is 18.1. The van der Waals surface area contributed by atoms with E-state index >= 15 is 0 Å². The number of ether oxygens (including phenoxy) is 2. The fourth-order valence-electron chi connectivity index (χ4n) is 4.65. The van der Waals surface area contributed by atoms with Crippen LogP contribution in [0.1, 0.15) is 41.6 Å². The quantitative estimate of drug-likeness (QED) is 0.481. The number of nitrogens with zero attached hydrogens (tertiary/aromatic N) is 2. The Morgan fingerprint density at radius 3 is 2.27 bits per heavy atom. The number of para-hydroxylation sites is 2. The minimum atomic E-state index is -0.210. The largest absolute Gasteiger partial charge is 0.491 e. The van der Waals surface area contributed by atoms with Crippen LogP contribution < -0.4 is 9.47 Å². The summed E-state index contributed by atoms with van der Waals surface area (Å²) < 4.78 is 12.1. The van der Waals surface area contributed by atoms with Gasteiger partial charge in [0.1, 0.15) is 18.1 Å². The van der Waals surface area contributed by atoms with E-state index in [2.05, 4.69) is 12.1 Å². The predicted octanol–water partition coefficient (Wildman–Crippen LogP) is 5.23. The summed E-state index contributed by atoms with van der Waals surface area (Å²) >= 11 is 0. The van der Waals surface area contributed by atoms with Gasteiger partial charge in [0, 0.05) is 20.1 Å². The van der Waals surface area contributed by atoms with Crippen LogP contribution in [0.25, 0.3) is 0 Å². The third-order valence-electron chi connectivity index (χ3n) is 6.72. The van der Waals surface area contributed by atoms with Crippen molar-refractivity contribution >= 4 is 11.8 Å². The normalized spacial score (nSPS) is 17.3. The van der Waals surface area contributed by atoms with Gasteiger partial charge in [-0.2, -0.15) is 0 Å². The Hall–Kier alpha value is -3.80. The van der Waals surface area contributed by atoms with Gasteiger partial charge in [0.2, 0.25) is 0 Å². The number of hydrogen-bond acceptors (Lipinski definition) is 4. The second-order valence-electron chi connectivity index (χ2n) is 9.48. The molecule has 0 N–H and O–H groups in total. The molecular formula is C31H36N2O4. The minimum Gasteiger partial charge on any atom is -0.491 e. The molecule has 6 heteroatoms. The Morgan fingerprint density at radius 2 is 1.51 bits per heavy atom. The average Bonchev–Trinajstić information content (AvgIpc) is 2.94. The molecule has 1 aliphatic heterocycles. The molecule has 2 amide bonds. The van der Waals surface area contributed by atoms with Gasteiger partial charge in [-0.05, 0) is 49.1 Å². The minimum absolute atomic E-state index is 0.0326. The second kappa shape index (κ2) is 13.5. The molecule has 0 aliphatic carbocycles. The number of fused-ring (bicyclic) bond motifs is 1. The maximum atomic E-state index is 13.5. The van der Waals surface area contributed by atoms with E-state index in [9.17, 15) is 9.59 Å². The standard InChI is InChI=1S/C31H36N2O4/c1-32-20-12-2-3-13-21-33(30(34)24-36-27-16-8-5-9-17-27)26(22-25-14-6-4-7-15-25)23-37-29-19-11-10-18-28(29)31(32)35/h4-11,14-19,26H,2-3,12-13,20-24H2,1H3/t26-/m0/s1. The number of carbonyl (C=O) groups excluding carboxylic acids is 2. The molecule has 1 atom stereocenters. The molecule has 0 saturated carbocycles. The van der Waals surface area contributed by atoms with Crippen molar-refractivity contribution in [3.63, 3.8) is 0 Å². The number of rotatable bonds is 5. The zero-order valence-corrected chi connectivity index (χ0v) is 21.6. The molecule has 0 unspecified atom stereocenters. The Balaban J connectivity index is 1.60. The van der Waals surface area contributed by atoms with E-state index in [1.54, 1.807) is 4.90 Å². The number of hydrogen-bond donors (Lipinski definition) is 0. The summed E-state index contributed by atoms with van der Waals surface area (Å²) in [6, 6.07) is 26.7. The summed E-state index contributed by atoms with van der Waals surface area (Å²) in [4.78, 5) is 30.4. The molecular weight excluding hydrogens is 464 g/mol. The van der Waals surface area contributed by atoms with Crippen molar-refractivity contribution in [2.75, 3.05) is 33.4 Å². The lowest BCUT2D eigenvalue weighted by Gasteiger charge is -2.33. The van der Waals surface area contributed by atoms with Gasteiger partial charge < -0.3 is 19.3 Å². The topological polar surface area (TPSA) is 59.1 Å². The van der Waals surface area contributed by atoms with Crippen LogP contribution in [-0.2, 0) is 11.2 Å². The molecule has 4 rings (SSSR count). The molecule has 0 saturated heterocycles. The number of carbonyl (C=O) groups is 2. The third kappa shape index (κ3) is 7.59. The molecule has 3 aromatic rings. The summed E-state index contributed by atoms with van der Waals surface area (Å²) in [6.45, 7) is 1.57. The fraction of sp³-hybridized carbons (Fsp3) is 0.355. The van der Waals surface area contributed by atoms with Gasteiger partial charge >= 0.3 is 0 Å². The molecule has 3 aromatic carbocycles. The van der Waals surface area contributed by atoms with Crippen molar-refractivity contribution in [2.45, 2.75) is 38.1 Å². The first-order valence-electron chi connectivity index (χ1n) is 13.1. The average molecular weight is 501 g/mol. The van der Waals surface area contributed by atoms with E-state index in [1.807, 2.05) is 84.7 Å². The Labute approximate surface area is 219 Å². The zero-order chi connectivity index (χ0) is 25.9. The summed E-state index contributed by atoms with van der Waals surface area (Å²) in [5.41, 5.74) is 1.67. The summed E-state index contributed by atoms with van der Waals surface area (Å²) in [5, 5.41) is 0. The Kier molecular flexibility index (Phi) is 9.58. The van der Waals surface area contributed by atoms with Crippen molar-refractivity contribution in [1.29, 1.82) is 0 Å². The highest BCUT2D eigenvalue weighted by molar-refractivity contribution is 5.96. The van der Waals surface area contributed by atoms with Crippen LogP contribution in [0, 0.1) is 0 Å². The van der Waals surface area contributed by atoms with Crippen LogP contribution >= 0.6 is 0 Å². The monoisotopic (exact) mass is 500 g/mol. The number of amides is 2. The molecule has 0 aromatic heterocycles. The summed E-state index contributed by atoms with van der Waals surface area (Å²) in [5.74, 6) is 1.11. The molecule has 1 heterocycles. The molecule has 37 heavy (non-hydrogen) atoms. The maximum absolute atomic E-state index is 13.5. The van der Waals surface area contributed by atoms with Gasteiger partial charge in [0.15, 0.2) is 6.61 Å². The molecule has 0 bridgehead atoms. The molecule has 6 nitrogen and oxygen atoms in total. The number of benzene rings is 3. The van der Waals surface area contributed by atoms with E-state index in [4.69, 9.17) is 9.47 Å². The highest BCUT2D eigenvalue weighted by Crippen LogP contribution is 2.22. The molecule has 0 fully saturated rings. The van der Waals surface area contributed by atoms with Gasteiger partial charge in [-0.25, -0.2) is 0 Å². The van der Waals surface area contributed by atoms with Gasteiger partial charge in [0.25, 0.3) is 11.8 Å². The van der Waals surface area contributed by atoms with E-state index in [1.165, 1.54) is 0 Å². The van der Waals surface area contributed by atoms with Gasteiger partial charge in [-0.15, -0.1) is 0 Å². The van der Waals surface area contributed by atoms with Crippen LogP contribution in [0.4, 0.5) is 0 Å². The van der Waals surface area contributed by atoms with E-state index in [-0.39, 0.29) is 31.1 Å². The first-order valence-corrected chi connectivity index (χ1v) is 13.1. The molecule has 0 spiro atoms. The highest BCUT2D eigenvalue weighted by Gasteiger charge is 2.26. The van der Waals surface area contributed by atoms with Crippen molar-refractivity contribution in [2.24, 2.45) is 0 Å². The first kappa shape index (κ1) is 26.3. The lowest BCUT2D eigenvalue weighted by molar-refractivity contribution is -0.136. The van der Waals surface area contributed by atoms with E-state index in [0.717, 1.165) is 31.2 Å². The maximum Gasteiger partial charge on any atom is 0.260 e. The van der Waals surface area contributed by atoms with Crippen LogP contribution in [0.2, 0.25) is 0 Å². The molecule has 194 valence electrons. The van der Waals surface area contributed by atoms with Crippen LogP contribution in [0.15, 0.2) is 84.9 Å². The summed E-state index contributed by atoms with van der Waals surface area (Å²) in [6.07, 6.45) is 4.44. The summed E-state index contributed by atoms with van der Waals surface area (Å²) in [7, 11) is 1.84. The van der Waals surface area contributed by atoms with Gasteiger partial charge in [0.05, 0.1) is 11.6 Å². The smallest absolute Gasteiger partial charge is 0.260 e. The Morgan fingerprint density at radius 1 is 0.865 bits per heavy atom. The van der Waals surface area contributed by atoms with Crippen LogP contribution in [0.3, 0.4) is 0 Å². The second-order valence-corrected chi connectivity index (χ2v) is 9.48. The van der Waals surface area contributed by atoms with Crippen molar-refractivity contribution in [1.82, 2.24) is 9.80 Å².